The molecule has 0 aromatic carbocycles. The molecule has 0 saturated heterocycles. The minimum absolute atomic E-state index is 0.577. The van der Waals surface area contributed by atoms with Gasteiger partial charge in [0.25, 0.3) is 0 Å². The average molecular weight is 211 g/mol. The van der Waals surface area contributed by atoms with Gasteiger partial charge in [-0.2, -0.15) is 0 Å². The first-order chi connectivity index (χ1) is 7.12. The van der Waals surface area contributed by atoms with E-state index in [0.717, 1.165) is 6.42 Å². The molecule has 0 spiro atoms. The lowest BCUT2D eigenvalue weighted by molar-refractivity contribution is 0.307. The Bertz CT molecular complexity index is 124. The minimum atomic E-state index is 0.577. The number of rotatable bonds is 10. The van der Waals surface area contributed by atoms with Gasteiger partial charge >= 0.3 is 0 Å². The van der Waals surface area contributed by atoms with Gasteiger partial charge in [0.1, 0.15) is 0 Å². The highest BCUT2D eigenvalue weighted by Crippen LogP contribution is 2.27. The van der Waals surface area contributed by atoms with E-state index in [1.807, 2.05) is 0 Å². The summed E-state index contributed by atoms with van der Waals surface area (Å²) in [6.45, 7) is 11.0. The monoisotopic (exact) mass is 211 g/mol. The fourth-order valence-electron chi connectivity index (χ4n) is 1.84. The molecule has 0 N–H and O–H groups in total. The average Bonchev–Trinajstić information content (AvgIpc) is 2.22. The zero-order valence-corrected chi connectivity index (χ0v) is 11.3. The van der Waals surface area contributed by atoms with Gasteiger partial charge < -0.3 is 0 Å². The quantitative estimate of drug-likeness (QED) is 0.402. The second-order valence-corrected chi connectivity index (χ2v) is 5.60. The van der Waals surface area contributed by atoms with E-state index >= 15 is 0 Å². The van der Waals surface area contributed by atoms with Crippen LogP contribution in [0.15, 0.2) is 0 Å². The summed E-state index contributed by atoms with van der Waals surface area (Å²) in [5.74, 6) is 0. The van der Waals surface area contributed by atoms with Gasteiger partial charge in [0, 0.05) is 0 Å². The second-order valence-electron chi connectivity index (χ2n) is 5.60. The highest BCUT2D eigenvalue weighted by atomic mass is 14.2. The van der Waals surface area contributed by atoms with Gasteiger partial charge in [0.2, 0.25) is 0 Å². The third-order valence-corrected chi connectivity index (χ3v) is 3.56. The normalized spacial score (nSPS) is 12.0. The van der Waals surface area contributed by atoms with Crippen molar-refractivity contribution in [2.75, 3.05) is 0 Å². The molecule has 15 heavy (non-hydrogen) atoms. The molecule has 0 bridgehead atoms. The van der Waals surface area contributed by atoms with Gasteiger partial charge in [-0.15, -0.1) is 0 Å². The van der Waals surface area contributed by atoms with E-state index in [4.69, 9.17) is 0 Å². The fourth-order valence-corrected chi connectivity index (χ4v) is 1.84. The molecule has 0 aliphatic carbocycles. The van der Waals surface area contributed by atoms with E-state index in [9.17, 15) is 0 Å². The van der Waals surface area contributed by atoms with Crippen molar-refractivity contribution in [1.82, 2.24) is 0 Å². The summed E-state index contributed by atoms with van der Waals surface area (Å²) in [4.78, 5) is 0. The van der Waals surface area contributed by atoms with E-state index < -0.39 is 0 Å². The predicted octanol–water partition coefficient (Wildman–Crippen LogP) is 5.77. The molecule has 0 amide bonds. The van der Waals surface area contributed by atoms with Crippen LogP contribution in [0.25, 0.3) is 0 Å². The molecule has 0 atom stereocenters. The van der Waals surface area contributed by atoms with Crippen LogP contribution in [0.3, 0.4) is 0 Å². The van der Waals surface area contributed by atoms with Crippen LogP contribution < -0.4 is 0 Å². The smallest absolute Gasteiger partial charge is 0.0357 e. The van der Waals surface area contributed by atoms with Gasteiger partial charge in [0.15, 0.2) is 0 Å². The molecule has 0 aromatic heterocycles. The standard InChI is InChI=1S/C15H31/c1-5-7-8-9-10-11-12-13-14-15(3,4)6-2/h1,5-14H2,2-4H3. The molecule has 0 saturated carbocycles. The molecule has 91 valence electrons. The number of unbranched alkanes of at least 4 members (excludes halogenated alkanes) is 7. The lowest BCUT2D eigenvalue weighted by Gasteiger charge is -2.22. The van der Waals surface area contributed by atoms with Crippen LogP contribution in [0, 0.1) is 12.3 Å². The van der Waals surface area contributed by atoms with E-state index in [-0.39, 0.29) is 0 Å². The van der Waals surface area contributed by atoms with Crippen LogP contribution in [0.1, 0.15) is 85.0 Å². The minimum Gasteiger partial charge on any atom is -0.0649 e. The van der Waals surface area contributed by atoms with Crippen LogP contribution in [0.4, 0.5) is 0 Å². The first kappa shape index (κ1) is 15.0. The summed E-state index contributed by atoms with van der Waals surface area (Å²) in [5, 5.41) is 0. The molecule has 1 radical (unpaired) electrons. The molecule has 0 aromatic rings. The van der Waals surface area contributed by atoms with Crippen LogP contribution in [-0.2, 0) is 0 Å². The third-order valence-electron chi connectivity index (χ3n) is 3.56. The lowest BCUT2D eigenvalue weighted by atomic mass is 9.84. The zero-order valence-electron chi connectivity index (χ0n) is 11.3. The van der Waals surface area contributed by atoms with E-state index in [1.165, 1.54) is 57.8 Å². The number of hydrogen-bond donors (Lipinski definition) is 0. The Kier molecular flexibility index (Phi) is 9.24. The van der Waals surface area contributed by atoms with E-state index in [1.54, 1.807) is 0 Å². The van der Waals surface area contributed by atoms with Crippen molar-refractivity contribution in [3.8, 4) is 0 Å². The Balaban J connectivity index is 3.11. The largest absolute Gasteiger partial charge is 0.0649 e. The first-order valence-electron chi connectivity index (χ1n) is 6.91. The fraction of sp³-hybridized carbons (Fsp3) is 0.933. The highest BCUT2D eigenvalue weighted by molar-refractivity contribution is 4.65. The van der Waals surface area contributed by atoms with Crippen LogP contribution in [0.5, 0.6) is 0 Å². The molecule has 0 aliphatic heterocycles. The highest BCUT2D eigenvalue weighted by Gasteiger charge is 2.13. The van der Waals surface area contributed by atoms with Crippen LogP contribution in [-0.4, -0.2) is 0 Å². The van der Waals surface area contributed by atoms with Gasteiger partial charge in [0.05, 0.1) is 0 Å². The van der Waals surface area contributed by atoms with Crippen molar-refractivity contribution in [2.24, 2.45) is 5.41 Å². The first-order valence-corrected chi connectivity index (χ1v) is 6.91. The Labute approximate surface area is 97.8 Å². The Morgan fingerprint density at radius 2 is 1.27 bits per heavy atom. The van der Waals surface area contributed by atoms with Crippen molar-refractivity contribution in [3.05, 3.63) is 6.92 Å². The predicted molar refractivity (Wildman–Crippen MR) is 71.0 cm³/mol. The van der Waals surface area contributed by atoms with Crippen molar-refractivity contribution >= 4 is 0 Å². The van der Waals surface area contributed by atoms with Gasteiger partial charge in [-0.3, -0.25) is 0 Å². The second kappa shape index (κ2) is 9.24. The maximum atomic E-state index is 3.87. The SMILES string of the molecule is [CH2]CCCCCCCCCC(C)(C)CC. The molecule has 0 rings (SSSR count). The summed E-state index contributed by atoms with van der Waals surface area (Å²) in [6, 6.07) is 0. The van der Waals surface area contributed by atoms with Crippen molar-refractivity contribution in [1.29, 1.82) is 0 Å². The molecule has 0 unspecified atom stereocenters. The molecule has 0 heteroatoms. The molecule has 0 nitrogen and oxygen atoms in total. The Hall–Kier alpha value is 0. The van der Waals surface area contributed by atoms with E-state index in [0.29, 0.717) is 5.41 Å². The molecular weight excluding hydrogens is 180 g/mol. The topological polar surface area (TPSA) is 0 Å². The summed E-state index contributed by atoms with van der Waals surface area (Å²) in [6.07, 6.45) is 13.7. The molecular formula is C15H31. The van der Waals surface area contributed by atoms with Gasteiger partial charge in [-0.05, 0) is 11.8 Å². The summed E-state index contributed by atoms with van der Waals surface area (Å²) in [7, 11) is 0. The van der Waals surface area contributed by atoms with Crippen LogP contribution >= 0.6 is 0 Å². The van der Waals surface area contributed by atoms with E-state index in [2.05, 4.69) is 27.7 Å². The molecule has 0 aliphatic rings. The van der Waals surface area contributed by atoms with Crippen LogP contribution in [0.2, 0.25) is 0 Å². The van der Waals surface area contributed by atoms with Gasteiger partial charge in [-0.1, -0.05) is 85.5 Å². The maximum Gasteiger partial charge on any atom is -0.0357 e. The van der Waals surface area contributed by atoms with Crippen molar-refractivity contribution in [2.45, 2.75) is 85.0 Å². The molecule has 0 fully saturated rings. The Morgan fingerprint density at radius 1 is 0.800 bits per heavy atom. The summed E-state index contributed by atoms with van der Waals surface area (Å²) >= 11 is 0. The summed E-state index contributed by atoms with van der Waals surface area (Å²) in [5.41, 5.74) is 0.577. The summed E-state index contributed by atoms with van der Waals surface area (Å²) < 4.78 is 0. The van der Waals surface area contributed by atoms with Crippen molar-refractivity contribution < 1.29 is 0 Å². The Morgan fingerprint density at radius 3 is 1.73 bits per heavy atom. The lowest BCUT2D eigenvalue weighted by Crippen LogP contribution is -2.08. The maximum absolute atomic E-state index is 3.87. The van der Waals surface area contributed by atoms with Gasteiger partial charge in [-0.25, -0.2) is 0 Å². The van der Waals surface area contributed by atoms with Crippen molar-refractivity contribution in [3.63, 3.8) is 0 Å². The number of hydrogen-bond acceptors (Lipinski definition) is 0. The molecule has 0 heterocycles. The third kappa shape index (κ3) is 10.3. The zero-order chi connectivity index (χ0) is 11.6.